The van der Waals surface area contributed by atoms with Crippen LogP contribution in [0.15, 0.2) is 23.2 Å². The van der Waals surface area contributed by atoms with Crippen molar-refractivity contribution in [3.8, 4) is 0 Å². The van der Waals surface area contributed by atoms with Gasteiger partial charge in [0, 0.05) is 12.1 Å². The highest BCUT2D eigenvalue weighted by molar-refractivity contribution is 6.09. The van der Waals surface area contributed by atoms with Crippen LogP contribution in [0, 0.1) is 11.6 Å². The molecular weight excluding hydrogens is 240 g/mol. The van der Waals surface area contributed by atoms with Gasteiger partial charge in [-0.25, -0.2) is 8.78 Å². The van der Waals surface area contributed by atoms with E-state index in [0.29, 0.717) is 6.54 Å². The standard InChI is InChI=1S/C12H13F2N3O/c1-3-15-11-16-10(18)12(2,17-11)8-6-7(13)4-5-9(8)14/h4-6H,3H2,1-2H3,(H2,15,16,17,18). The molecule has 0 saturated carbocycles. The van der Waals surface area contributed by atoms with Gasteiger partial charge in [-0.15, -0.1) is 0 Å². The summed E-state index contributed by atoms with van der Waals surface area (Å²) in [5, 5.41) is 5.29. The van der Waals surface area contributed by atoms with Crippen molar-refractivity contribution >= 4 is 11.9 Å². The maximum atomic E-state index is 13.7. The van der Waals surface area contributed by atoms with Gasteiger partial charge in [0.2, 0.25) is 0 Å². The number of nitrogens with one attached hydrogen (secondary N) is 2. The van der Waals surface area contributed by atoms with E-state index in [1.54, 1.807) is 6.92 Å². The van der Waals surface area contributed by atoms with Gasteiger partial charge >= 0.3 is 0 Å². The summed E-state index contributed by atoms with van der Waals surface area (Å²) in [7, 11) is 0. The van der Waals surface area contributed by atoms with E-state index in [1.807, 2.05) is 0 Å². The first kappa shape index (κ1) is 12.5. The minimum Gasteiger partial charge on any atom is -0.338 e. The number of guanidine groups is 1. The van der Waals surface area contributed by atoms with Crippen LogP contribution >= 0.6 is 0 Å². The topological polar surface area (TPSA) is 53.5 Å². The van der Waals surface area contributed by atoms with Crippen molar-refractivity contribution in [2.45, 2.75) is 19.4 Å². The van der Waals surface area contributed by atoms with Gasteiger partial charge in [-0.3, -0.25) is 15.1 Å². The number of halogens is 2. The van der Waals surface area contributed by atoms with Gasteiger partial charge in [-0.2, -0.15) is 0 Å². The van der Waals surface area contributed by atoms with Gasteiger partial charge < -0.3 is 5.32 Å². The van der Waals surface area contributed by atoms with Gasteiger partial charge in [0.1, 0.15) is 17.2 Å². The van der Waals surface area contributed by atoms with Crippen LogP contribution in [0.5, 0.6) is 0 Å². The Balaban J connectivity index is 2.46. The molecule has 0 aliphatic carbocycles. The molecule has 2 rings (SSSR count). The maximum absolute atomic E-state index is 13.7. The lowest BCUT2D eigenvalue weighted by Gasteiger charge is -2.22. The van der Waals surface area contributed by atoms with Crippen molar-refractivity contribution in [1.82, 2.24) is 10.6 Å². The lowest BCUT2D eigenvalue weighted by atomic mass is 9.92. The van der Waals surface area contributed by atoms with E-state index in [0.717, 1.165) is 18.2 Å². The number of aliphatic imine (C=N–C) groups is 1. The Hall–Kier alpha value is -1.98. The first-order chi connectivity index (χ1) is 8.47. The third-order valence-corrected chi connectivity index (χ3v) is 2.84. The zero-order valence-electron chi connectivity index (χ0n) is 10.1. The molecule has 1 aliphatic rings. The third-order valence-electron chi connectivity index (χ3n) is 2.84. The highest BCUT2D eigenvalue weighted by atomic mass is 19.1. The zero-order chi connectivity index (χ0) is 13.3. The van der Waals surface area contributed by atoms with E-state index in [4.69, 9.17) is 0 Å². The fraction of sp³-hybridized carbons (Fsp3) is 0.333. The van der Waals surface area contributed by atoms with Crippen LogP contribution < -0.4 is 10.6 Å². The van der Waals surface area contributed by atoms with Gasteiger partial charge in [-0.1, -0.05) is 0 Å². The quantitative estimate of drug-likeness (QED) is 0.834. The Morgan fingerprint density at radius 3 is 2.78 bits per heavy atom. The molecule has 1 amide bonds. The molecule has 18 heavy (non-hydrogen) atoms. The summed E-state index contributed by atoms with van der Waals surface area (Å²) in [4.78, 5) is 15.9. The van der Waals surface area contributed by atoms with Crippen LogP contribution in [0.3, 0.4) is 0 Å². The van der Waals surface area contributed by atoms with Crippen LogP contribution in [0.25, 0.3) is 0 Å². The number of benzene rings is 1. The second-order valence-electron chi connectivity index (χ2n) is 4.15. The van der Waals surface area contributed by atoms with E-state index in [2.05, 4.69) is 15.6 Å². The first-order valence-corrected chi connectivity index (χ1v) is 5.57. The van der Waals surface area contributed by atoms with Crippen LogP contribution in [0.1, 0.15) is 19.4 Å². The molecule has 6 heteroatoms. The predicted molar refractivity (Wildman–Crippen MR) is 63.0 cm³/mol. The normalized spacial score (nSPS) is 25.1. The Bertz CT molecular complexity index is 530. The van der Waals surface area contributed by atoms with E-state index in [-0.39, 0.29) is 11.5 Å². The van der Waals surface area contributed by atoms with Crippen LogP contribution in [0.4, 0.5) is 8.78 Å². The fourth-order valence-corrected chi connectivity index (χ4v) is 1.86. The number of hydrogen-bond donors (Lipinski definition) is 2. The van der Waals surface area contributed by atoms with Gasteiger partial charge in [0.25, 0.3) is 5.91 Å². The second kappa shape index (κ2) is 4.36. The molecule has 1 heterocycles. The first-order valence-electron chi connectivity index (χ1n) is 5.57. The summed E-state index contributed by atoms with van der Waals surface area (Å²) in [6.45, 7) is 3.77. The average Bonchev–Trinajstić information content (AvgIpc) is 2.59. The van der Waals surface area contributed by atoms with Crippen molar-refractivity contribution in [3.63, 3.8) is 0 Å². The fourth-order valence-electron chi connectivity index (χ4n) is 1.86. The molecule has 1 saturated heterocycles. The maximum Gasteiger partial charge on any atom is 0.256 e. The SMILES string of the molecule is CCN=C1NC(=O)C(C)(c2cc(F)ccc2F)N1. The number of carbonyl (C=O) groups excluding carboxylic acids is 1. The summed E-state index contributed by atoms with van der Waals surface area (Å²) in [5.74, 6) is -1.42. The molecule has 0 spiro atoms. The van der Waals surface area contributed by atoms with Gasteiger partial charge in [-0.05, 0) is 32.0 Å². The largest absolute Gasteiger partial charge is 0.338 e. The molecule has 2 N–H and O–H groups in total. The van der Waals surface area contributed by atoms with Gasteiger partial charge in [0.05, 0.1) is 0 Å². The van der Waals surface area contributed by atoms with Crippen molar-refractivity contribution in [2.75, 3.05) is 6.54 Å². The summed E-state index contributed by atoms with van der Waals surface area (Å²) in [6.07, 6.45) is 0. The Kier molecular flexibility index (Phi) is 3.02. The molecule has 96 valence electrons. The van der Waals surface area contributed by atoms with Crippen LogP contribution in [-0.2, 0) is 10.3 Å². The smallest absolute Gasteiger partial charge is 0.256 e. The van der Waals surface area contributed by atoms with Crippen molar-refractivity contribution < 1.29 is 13.6 Å². The van der Waals surface area contributed by atoms with Gasteiger partial charge in [0.15, 0.2) is 5.96 Å². The number of nitrogens with zero attached hydrogens (tertiary/aromatic N) is 1. The lowest BCUT2D eigenvalue weighted by Crippen LogP contribution is -2.41. The molecule has 1 fully saturated rings. The zero-order valence-corrected chi connectivity index (χ0v) is 10.1. The van der Waals surface area contributed by atoms with E-state index in [9.17, 15) is 13.6 Å². The Morgan fingerprint density at radius 2 is 2.11 bits per heavy atom. The third kappa shape index (κ3) is 1.94. The molecule has 1 unspecified atom stereocenters. The molecule has 1 aliphatic heterocycles. The highest BCUT2D eigenvalue weighted by Crippen LogP contribution is 2.27. The molecule has 0 aromatic heterocycles. The molecule has 1 atom stereocenters. The number of amides is 1. The van der Waals surface area contributed by atoms with Crippen LogP contribution in [0.2, 0.25) is 0 Å². The molecule has 1 aromatic carbocycles. The number of rotatable bonds is 2. The molecule has 4 nitrogen and oxygen atoms in total. The highest BCUT2D eigenvalue weighted by Gasteiger charge is 2.44. The monoisotopic (exact) mass is 253 g/mol. The summed E-state index contributed by atoms with van der Waals surface area (Å²) >= 11 is 0. The Morgan fingerprint density at radius 1 is 1.39 bits per heavy atom. The molecule has 0 bridgehead atoms. The van der Waals surface area contributed by atoms with Crippen molar-refractivity contribution in [2.24, 2.45) is 4.99 Å². The number of carbonyl (C=O) groups is 1. The van der Waals surface area contributed by atoms with Crippen LogP contribution in [-0.4, -0.2) is 18.4 Å². The van der Waals surface area contributed by atoms with Crippen molar-refractivity contribution in [3.05, 3.63) is 35.4 Å². The predicted octanol–water partition coefficient (Wildman–Crippen LogP) is 1.28. The second-order valence-corrected chi connectivity index (χ2v) is 4.15. The average molecular weight is 253 g/mol. The van der Waals surface area contributed by atoms with E-state index < -0.39 is 23.1 Å². The Labute approximate surface area is 103 Å². The number of hydrogen-bond acceptors (Lipinski definition) is 2. The minimum absolute atomic E-state index is 0.0405. The molecule has 0 radical (unpaired) electrons. The summed E-state index contributed by atoms with van der Waals surface area (Å²) in [5.41, 5.74) is -1.39. The van der Waals surface area contributed by atoms with Crippen molar-refractivity contribution in [1.29, 1.82) is 0 Å². The van der Waals surface area contributed by atoms with E-state index >= 15 is 0 Å². The summed E-state index contributed by atoms with van der Waals surface area (Å²) < 4.78 is 26.9. The lowest BCUT2D eigenvalue weighted by molar-refractivity contribution is -0.123. The van der Waals surface area contributed by atoms with E-state index in [1.165, 1.54) is 6.92 Å². The summed E-state index contributed by atoms with van der Waals surface area (Å²) in [6, 6.07) is 3.02. The molecule has 1 aromatic rings. The minimum atomic E-state index is -1.35. The molecular formula is C12H13F2N3O.